The average molecular weight is 457 g/mol. The number of carbonyl (C=O) groups is 1. The summed E-state index contributed by atoms with van der Waals surface area (Å²) in [6.45, 7) is 2.28. The van der Waals surface area contributed by atoms with Crippen molar-refractivity contribution in [3.05, 3.63) is 83.9 Å². The SMILES string of the molecule is COC(=O)C(CC(C)C)c1cc(Oc2ccccc2)cc(-c2ccc(C(F)(F)CF)cc2)c1. The van der Waals surface area contributed by atoms with Crippen LogP contribution in [0, 0.1) is 5.92 Å². The number of alkyl halides is 3. The van der Waals surface area contributed by atoms with Crippen molar-refractivity contribution in [1.82, 2.24) is 0 Å². The van der Waals surface area contributed by atoms with Crippen LogP contribution >= 0.6 is 0 Å². The number of ether oxygens (including phenoxy) is 2. The highest BCUT2D eigenvalue weighted by molar-refractivity contribution is 5.79. The molecule has 6 heteroatoms. The van der Waals surface area contributed by atoms with Crippen LogP contribution in [-0.4, -0.2) is 19.8 Å². The Balaban J connectivity index is 2.07. The summed E-state index contributed by atoms with van der Waals surface area (Å²) >= 11 is 0. The molecular weight excluding hydrogens is 429 g/mol. The van der Waals surface area contributed by atoms with Crippen LogP contribution in [0.2, 0.25) is 0 Å². The van der Waals surface area contributed by atoms with Crippen LogP contribution in [-0.2, 0) is 15.5 Å². The summed E-state index contributed by atoms with van der Waals surface area (Å²) in [5, 5.41) is 0. The van der Waals surface area contributed by atoms with E-state index < -0.39 is 24.1 Å². The summed E-state index contributed by atoms with van der Waals surface area (Å²) in [6.07, 6.45) is 0.572. The summed E-state index contributed by atoms with van der Waals surface area (Å²) in [5.74, 6) is -3.04. The van der Waals surface area contributed by atoms with Gasteiger partial charge in [0.1, 0.15) is 11.5 Å². The minimum absolute atomic E-state index is 0.235. The molecule has 33 heavy (non-hydrogen) atoms. The van der Waals surface area contributed by atoms with Gasteiger partial charge in [0.2, 0.25) is 0 Å². The lowest BCUT2D eigenvalue weighted by Gasteiger charge is -2.20. The molecule has 0 N–H and O–H groups in total. The largest absolute Gasteiger partial charge is 0.469 e. The van der Waals surface area contributed by atoms with Gasteiger partial charge in [0.15, 0.2) is 6.67 Å². The fourth-order valence-electron chi connectivity index (χ4n) is 3.64. The fourth-order valence-corrected chi connectivity index (χ4v) is 3.64. The number of hydrogen-bond acceptors (Lipinski definition) is 3. The van der Waals surface area contributed by atoms with Gasteiger partial charge in [-0.2, -0.15) is 8.78 Å². The number of benzene rings is 3. The van der Waals surface area contributed by atoms with E-state index in [4.69, 9.17) is 9.47 Å². The van der Waals surface area contributed by atoms with Crippen molar-refractivity contribution in [2.75, 3.05) is 13.8 Å². The molecule has 0 spiro atoms. The second-order valence-corrected chi connectivity index (χ2v) is 8.33. The van der Waals surface area contributed by atoms with E-state index in [-0.39, 0.29) is 11.9 Å². The second-order valence-electron chi connectivity index (χ2n) is 8.33. The minimum Gasteiger partial charge on any atom is -0.469 e. The van der Waals surface area contributed by atoms with E-state index in [0.717, 1.165) is 0 Å². The van der Waals surface area contributed by atoms with Gasteiger partial charge in [0.05, 0.1) is 13.0 Å². The summed E-state index contributed by atoms with van der Waals surface area (Å²) < 4.78 is 51.1. The maximum absolute atomic E-state index is 13.7. The molecule has 0 aromatic heterocycles. The van der Waals surface area contributed by atoms with E-state index in [0.29, 0.717) is 34.6 Å². The van der Waals surface area contributed by atoms with E-state index in [9.17, 15) is 18.0 Å². The van der Waals surface area contributed by atoms with Crippen LogP contribution in [0.5, 0.6) is 11.5 Å². The van der Waals surface area contributed by atoms with Gasteiger partial charge < -0.3 is 9.47 Å². The highest BCUT2D eigenvalue weighted by Gasteiger charge is 2.31. The van der Waals surface area contributed by atoms with Crippen molar-refractivity contribution in [2.24, 2.45) is 5.92 Å². The third-order valence-corrected chi connectivity index (χ3v) is 5.31. The number of halogens is 3. The van der Waals surface area contributed by atoms with Crippen molar-refractivity contribution in [2.45, 2.75) is 32.1 Å². The first-order chi connectivity index (χ1) is 15.7. The molecule has 1 unspecified atom stereocenters. The zero-order valence-electron chi connectivity index (χ0n) is 18.9. The van der Waals surface area contributed by atoms with E-state index in [2.05, 4.69) is 0 Å². The molecule has 3 rings (SSSR count). The number of hydrogen-bond donors (Lipinski definition) is 0. The maximum atomic E-state index is 13.7. The van der Waals surface area contributed by atoms with Crippen molar-refractivity contribution >= 4 is 5.97 Å². The number of esters is 1. The van der Waals surface area contributed by atoms with Crippen molar-refractivity contribution in [3.63, 3.8) is 0 Å². The average Bonchev–Trinajstić information content (AvgIpc) is 2.82. The predicted octanol–water partition coefficient (Wildman–Crippen LogP) is 7.51. The Bertz CT molecular complexity index is 1060. The predicted molar refractivity (Wildman–Crippen MR) is 122 cm³/mol. The molecule has 1 atom stereocenters. The monoisotopic (exact) mass is 456 g/mol. The molecule has 0 radical (unpaired) electrons. The van der Waals surface area contributed by atoms with Crippen molar-refractivity contribution in [1.29, 1.82) is 0 Å². The van der Waals surface area contributed by atoms with Crippen LogP contribution in [0.25, 0.3) is 11.1 Å². The number of carbonyl (C=O) groups excluding carboxylic acids is 1. The molecule has 0 heterocycles. The zero-order chi connectivity index (χ0) is 24.0. The van der Waals surface area contributed by atoms with Gasteiger partial charge in [-0.15, -0.1) is 0 Å². The normalized spacial score (nSPS) is 12.5. The van der Waals surface area contributed by atoms with E-state index in [1.807, 2.05) is 50.2 Å². The molecule has 0 aliphatic heterocycles. The van der Waals surface area contributed by atoms with Crippen LogP contribution in [0.3, 0.4) is 0 Å². The zero-order valence-corrected chi connectivity index (χ0v) is 18.9. The second kappa shape index (κ2) is 10.6. The highest BCUT2D eigenvalue weighted by Crippen LogP contribution is 2.36. The Morgan fingerprint density at radius 3 is 2.15 bits per heavy atom. The topological polar surface area (TPSA) is 35.5 Å². The quantitative estimate of drug-likeness (QED) is 0.313. The molecule has 0 bridgehead atoms. The Hall–Kier alpha value is -3.28. The van der Waals surface area contributed by atoms with Crippen molar-refractivity contribution in [3.8, 4) is 22.6 Å². The molecule has 3 aromatic rings. The smallest absolute Gasteiger partial charge is 0.313 e. The molecule has 3 nitrogen and oxygen atoms in total. The standard InChI is InChI=1S/C27H27F3O3/c1-18(2)13-25(26(31)32-3)21-14-20(15-24(16-21)33-23-7-5-4-6-8-23)19-9-11-22(12-10-19)27(29,30)17-28/h4-12,14-16,18,25H,13,17H2,1-3H3. The molecule has 0 saturated heterocycles. The van der Waals surface area contributed by atoms with E-state index >= 15 is 0 Å². The molecular formula is C27H27F3O3. The summed E-state index contributed by atoms with van der Waals surface area (Å²) in [4.78, 5) is 12.6. The molecule has 0 aliphatic carbocycles. The third kappa shape index (κ3) is 6.15. The number of methoxy groups -OCH3 is 1. The summed E-state index contributed by atoms with van der Waals surface area (Å²) in [5.41, 5.74) is 1.64. The Kier molecular flexibility index (Phi) is 7.79. The van der Waals surface area contributed by atoms with Gasteiger partial charge >= 0.3 is 11.9 Å². The lowest BCUT2D eigenvalue weighted by molar-refractivity contribution is -0.142. The Labute approximate surface area is 192 Å². The van der Waals surface area contributed by atoms with Crippen LogP contribution < -0.4 is 4.74 Å². The Morgan fingerprint density at radius 2 is 1.58 bits per heavy atom. The van der Waals surface area contributed by atoms with Gasteiger partial charge in [-0.05, 0) is 53.3 Å². The van der Waals surface area contributed by atoms with Gasteiger partial charge in [-0.25, -0.2) is 4.39 Å². The van der Waals surface area contributed by atoms with E-state index in [1.54, 1.807) is 12.1 Å². The summed E-state index contributed by atoms with van der Waals surface area (Å²) in [6, 6.07) is 20.1. The van der Waals surface area contributed by atoms with E-state index in [1.165, 1.54) is 31.4 Å². The fraction of sp³-hybridized carbons (Fsp3) is 0.296. The Morgan fingerprint density at radius 1 is 0.909 bits per heavy atom. The maximum Gasteiger partial charge on any atom is 0.313 e. The molecule has 0 amide bonds. The van der Waals surface area contributed by atoms with Gasteiger partial charge in [-0.1, -0.05) is 62.4 Å². The van der Waals surface area contributed by atoms with Gasteiger partial charge in [0.25, 0.3) is 0 Å². The third-order valence-electron chi connectivity index (χ3n) is 5.31. The van der Waals surface area contributed by atoms with Crippen molar-refractivity contribution < 1.29 is 27.4 Å². The molecule has 3 aromatic carbocycles. The molecule has 0 saturated carbocycles. The van der Waals surface area contributed by atoms with Crippen LogP contribution in [0.1, 0.15) is 37.3 Å². The lowest BCUT2D eigenvalue weighted by atomic mass is 9.88. The first-order valence-corrected chi connectivity index (χ1v) is 10.7. The first kappa shape index (κ1) is 24.4. The number of rotatable bonds is 9. The first-order valence-electron chi connectivity index (χ1n) is 10.7. The highest BCUT2D eigenvalue weighted by atomic mass is 19.3. The van der Waals surface area contributed by atoms with Gasteiger partial charge in [-0.3, -0.25) is 4.79 Å². The lowest BCUT2D eigenvalue weighted by Crippen LogP contribution is -2.16. The molecule has 0 aliphatic rings. The summed E-state index contributed by atoms with van der Waals surface area (Å²) in [7, 11) is 1.35. The minimum atomic E-state index is -3.53. The molecule has 0 fully saturated rings. The number of para-hydroxylation sites is 1. The van der Waals surface area contributed by atoms with Crippen LogP contribution in [0.4, 0.5) is 13.2 Å². The van der Waals surface area contributed by atoms with Gasteiger partial charge in [0, 0.05) is 5.56 Å². The van der Waals surface area contributed by atoms with Crippen LogP contribution in [0.15, 0.2) is 72.8 Å². The molecule has 174 valence electrons.